The smallest absolute Gasteiger partial charge is 0.211 e. The summed E-state index contributed by atoms with van der Waals surface area (Å²) in [5.74, 6) is -0.336. The van der Waals surface area contributed by atoms with E-state index in [1.54, 1.807) is 48.5 Å². The summed E-state index contributed by atoms with van der Waals surface area (Å²) < 4.78 is 27.2. The third-order valence-corrected chi connectivity index (χ3v) is 8.44. The quantitative estimate of drug-likeness (QED) is 0.301. The Morgan fingerprint density at radius 3 is 2.15 bits per heavy atom. The number of hydrogen-bond donors (Lipinski definition) is 2. The molecule has 0 radical (unpaired) electrons. The van der Waals surface area contributed by atoms with Gasteiger partial charge < -0.3 is 11.1 Å². The maximum Gasteiger partial charge on any atom is 0.211 e. The van der Waals surface area contributed by atoms with Gasteiger partial charge >= 0.3 is 0 Å². The number of nitrogens with one attached hydrogen (secondary N) is 1. The van der Waals surface area contributed by atoms with Gasteiger partial charge in [0.25, 0.3) is 0 Å². The molecule has 0 saturated carbocycles. The number of ketones is 1. The fraction of sp³-hybridized carbons (Fsp3) is 0.0800. The van der Waals surface area contributed by atoms with Crippen molar-refractivity contribution in [2.75, 3.05) is 11.1 Å². The Morgan fingerprint density at radius 2 is 1.55 bits per heavy atom. The highest BCUT2D eigenvalue weighted by Crippen LogP contribution is 2.44. The van der Waals surface area contributed by atoms with Gasteiger partial charge in [-0.25, -0.2) is 8.42 Å². The van der Waals surface area contributed by atoms with E-state index in [2.05, 4.69) is 5.32 Å². The lowest BCUT2D eigenvalue weighted by molar-refractivity contribution is 0.104. The number of nitrogen functional groups attached to an aromatic ring is 1. The standard InChI is InChI=1S/C25H21ClN2O3S2/c1-15-6-10-17(11-7-15)22(29)23-21(27)24(33(30,31)20-12-8-16(2)9-13-20)25(32-23)28-19-5-3-4-18(26)14-19/h3-14,28H,27H2,1-2H3. The Hall–Kier alpha value is -3.13. The van der Waals surface area contributed by atoms with Crippen LogP contribution in [0.25, 0.3) is 0 Å². The summed E-state index contributed by atoms with van der Waals surface area (Å²) in [6.07, 6.45) is 0. The lowest BCUT2D eigenvalue weighted by Gasteiger charge is -2.10. The molecule has 0 spiro atoms. The van der Waals surface area contributed by atoms with Crippen LogP contribution in [-0.2, 0) is 9.84 Å². The number of thiophene rings is 1. The largest absolute Gasteiger partial charge is 0.396 e. The molecule has 4 aromatic rings. The second-order valence-electron chi connectivity index (χ2n) is 7.65. The van der Waals surface area contributed by atoms with Crippen molar-refractivity contribution < 1.29 is 13.2 Å². The Kier molecular flexibility index (Phi) is 6.30. The van der Waals surface area contributed by atoms with Gasteiger partial charge in [-0.1, -0.05) is 65.2 Å². The van der Waals surface area contributed by atoms with Crippen LogP contribution in [-0.4, -0.2) is 14.2 Å². The molecule has 0 fully saturated rings. The third-order valence-electron chi connectivity index (χ3n) is 5.10. The first kappa shape index (κ1) is 23.0. The van der Waals surface area contributed by atoms with Gasteiger partial charge in [0.2, 0.25) is 15.6 Å². The summed E-state index contributed by atoms with van der Waals surface area (Å²) in [6.45, 7) is 3.80. The molecule has 3 aromatic carbocycles. The van der Waals surface area contributed by atoms with Crippen LogP contribution in [0.4, 0.5) is 16.4 Å². The summed E-state index contributed by atoms with van der Waals surface area (Å²) in [5, 5.41) is 3.84. The van der Waals surface area contributed by atoms with E-state index in [0.29, 0.717) is 16.3 Å². The number of aryl methyl sites for hydroxylation is 2. The molecule has 0 unspecified atom stereocenters. The number of sulfone groups is 1. The van der Waals surface area contributed by atoms with E-state index < -0.39 is 9.84 Å². The molecule has 0 aliphatic heterocycles. The van der Waals surface area contributed by atoms with Gasteiger partial charge in [-0.2, -0.15) is 0 Å². The van der Waals surface area contributed by atoms with Crippen molar-refractivity contribution in [3.05, 3.63) is 99.4 Å². The van der Waals surface area contributed by atoms with E-state index >= 15 is 0 Å². The molecule has 4 rings (SSSR count). The second kappa shape index (κ2) is 9.02. The molecular weight excluding hydrogens is 476 g/mol. The zero-order valence-electron chi connectivity index (χ0n) is 17.9. The van der Waals surface area contributed by atoms with Crippen molar-refractivity contribution in [2.45, 2.75) is 23.6 Å². The fourth-order valence-electron chi connectivity index (χ4n) is 3.32. The van der Waals surface area contributed by atoms with Crippen LogP contribution >= 0.6 is 22.9 Å². The fourth-order valence-corrected chi connectivity index (χ4v) is 6.44. The minimum atomic E-state index is -4.01. The summed E-state index contributed by atoms with van der Waals surface area (Å²) in [5.41, 5.74) is 9.24. The highest BCUT2D eigenvalue weighted by Gasteiger charge is 2.31. The van der Waals surface area contributed by atoms with Gasteiger partial charge in [0.15, 0.2) is 0 Å². The zero-order chi connectivity index (χ0) is 23.8. The van der Waals surface area contributed by atoms with Gasteiger partial charge in [0.05, 0.1) is 10.6 Å². The van der Waals surface area contributed by atoms with Gasteiger partial charge in [-0.3, -0.25) is 4.79 Å². The number of carbonyl (C=O) groups is 1. The summed E-state index contributed by atoms with van der Waals surface area (Å²) in [4.78, 5) is 13.4. The molecule has 168 valence electrons. The van der Waals surface area contributed by atoms with Crippen LogP contribution < -0.4 is 11.1 Å². The topological polar surface area (TPSA) is 89.3 Å². The average Bonchev–Trinajstić information content (AvgIpc) is 3.10. The molecule has 0 atom stereocenters. The molecule has 33 heavy (non-hydrogen) atoms. The maximum atomic E-state index is 13.6. The van der Waals surface area contributed by atoms with E-state index in [9.17, 15) is 13.2 Å². The molecule has 0 aliphatic carbocycles. The minimum Gasteiger partial charge on any atom is -0.396 e. The lowest BCUT2D eigenvalue weighted by Crippen LogP contribution is -2.08. The summed E-state index contributed by atoms with van der Waals surface area (Å²) >= 11 is 7.11. The predicted octanol–water partition coefficient (Wildman–Crippen LogP) is 6.41. The average molecular weight is 497 g/mol. The lowest BCUT2D eigenvalue weighted by atomic mass is 10.1. The molecule has 0 amide bonds. The molecule has 1 aromatic heterocycles. The van der Waals surface area contributed by atoms with Gasteiger partial charge in [-0.05, 0) is 44.2 Å². The van der Waals surface area contributed by atoms with E-state index in [0.717, 1.165) is 22.5 Å². The molecule has 5 nitrogen and oxygen atoms in total. The number of halogens is 1. The van der Waals surface area contributed by atoms with E-state index in [1.165, 1.54) is 12.1 Å². The zero-order valence-corrected chi connectivity index (χ0v) is 20.3. The van der Waals surface area contributed by atoms with Crippen LogP contribution in [0, 0.1) is 13.8 Å². The molecule has 3 N–H and O–H groups in total. The number of rotatable bonds is 6. The van der Waals surface area contributed by atoms with Crippen molar-refractivity contribution in [3.63, 3.8) is 0 Å². The first-order valence-corrected chi connectivity index (χ1v) is 12.7. The molecule has 0 saturated heterocycles. The van der Waals surface area contributed by atoms with Crippen LogP contribution in [0.5, 0.6) is 0 Å². The number of nitrogens with two attached hydrogens (primary N) is 1. The normalized spacial score (nSPS) is 11.4. The Bertz CT molecular complexity index is 1440. The number of hydrogen-bond acceptors (Lipinski definition) is 6. The van der Waals surface area contributed by atoms with Crippen molar-refractivity contribution in [1.29, 1.82) is 0 Å². The number of carbonyl (C=O) groups excluding carboxylic acids is 1. The van der Waals surface area contributed by atoms with Crippen LogP contribution in [0.3, 0.4) is 0 Å². The molecular formula is C25H21ClN2O3S2. The van der Waals surface area contributed by atoms with Gasteiger partial charge in [-0.15, -0.1) is 11.3 Å². The van der Waals surface area contributed by atoms with Gasteiger partial charge in [0, 0.05) is 16.3 Å². The minimum absolute atomic E-state index is 0.0734. The first-order chi connectivity index (χ1) is 15.7. The molecule has 8 heteroatoms. The predicted molar refractivity (Wildman–Crippen MR) is 135 cm³/mol. The monoisotopic (exact) mass is 496 g/mol. The number of benzene rings is 3. The van der Waals surface area contributed by atoms with Crippen LogP contribution in [0.2, 0.25) is 5.02 Å². The Labute approximate surface area is 201 Å². The summed E-state index contributed by atoms with van der Waals surface area (Å²) in [7, 11) is -4.01. The SMILES string of the molecule is Cc1ccc(C(=O)c2sc(Nc3cccc(Cl)c3)c(S(=O)(=O)c3ccc(C)cc3)c2N)cc1. The van der Waals surface area contributed by atoms with Crippen LogP contribution in [0.15, 0.2) is 82.6 Å². The van der Waals surface area contributed by atoms with Gasteiger partial charge in [0.1, 0.15) is 14.8 Å². The highest BCUT2D eigenvalue weighted by molar-refractivity contribution is 7.92. The second-order valence-corrected chi connectivity index (χ2v) is 11.0. The van der Waals surface area contributed by atoms with Crippen molar-refractivity contribution in [1.82, 2.24) is 0 Å². The highest BCUT2D eigenvalue weighted by atomic mass is 35.5. The molecule has 1 heterocycles. The van der Waals surface area contributed by atoms with E-state index in [4.69, 9.17) is 17.3 Å². The van der Waals surface area contributed by atoms with E-state index in [1.807, 2.05) is 26.0 Å². The summed E-state index contributed by atoms with van der Waals surface area (Å²) in [6, 6.07) is 20.4. The van der Waals surface area contributed by atoms with Crippen molar-refractivity contribution in [3.8, 4) is 0 Å². The van der Waals surface area contributed by atoms with Crippen LogP contribution in [0.1, 0.15) is 26.4 Å². The Balaban J connectivity index is 1.88. The van der Waals surface area contributed by atoms with E-state index in [-0.39, 0.29) is 31.1 Å². The molecule has 0 bridgehead atoms. The maximum absolute atomic E-state index is 13.6. The third kappa shape index (κ3) is 4.66. The van der Waals surface area contributed by atoms with Crippen molar-refractivity contribution >= 4 is 54.9 Å². The first-order valence-electron chi connectivity index (χ1n) is 10.0. The number of anilines is 3. The van der Waals surface area contributed by atoms with Crippen molar-refractivity contribution in [2.24, 2.45) is 0 Å². The molecule has 0 aliphatic rings. The Morgan fingerprint density at radius 1 is 0.939 bits per heavy atom.